The van der Waals surface area contributed by atoms with E-state index in [9.17, 15) is 18.0 Å². The SMILES string of the molecule is NS(=O)(=O)c1ccc(NC(=O)C2CNC(=O)CN2)cc1. The van der Waals surface area contributed by atoms with Gasteiger partial charge in [0.15, 0.2) is 0 Å². The average molecular weight is 298 g/mol. The quantitative estimate of drug-likeness (QED) is 0.532. The summed E-state index contributed by atoms with van der Waals surface area (Å²) in [5.74, 6) is -0.472. The van der Waals surface area contributed by atoms with Crippen molar-refractivity contribution in [1.82, 2.24) is 10.6 Å². The van der Waals surface area contributed by atoms with Gasteiger partial charge in [0, 0.05) is 12.2 Å². The van der Waals surface area contributed by atoms with Gasteiger partial charge in [-0.1, -0.05) is 0 Å². The third-order valence-electron chi connectivity index (χ3n) is 2.78. The summed E-state index contributed by atoms with van der Waals surface area (Å²) in [6, 6.07) is 4.98. The number of amides is 2. The lowest BCUT2D eigenvalue weighted by atomic mass is 10.2. The number of hydrogen-bond donors (Lipinski definition) is 4. The molecule has 9 heteroatoms. The summed E-state index contributed by atoms with van der Waals surface area (Å²) in [6.07, 6.45) is 0. The van der Waals surface area contributed by atoms with E-state index in [1.807, 2.05) is 0 Å². The van der Waals surface area contributed by atoms with Crippen LogP contribution >= 0.6 is 0 Å². The summed E-state index contributed by atoms with van der Waals surface area (Å²) < 4.78 is 22.2. The van der Waals surface area contributed by atoms with Crippen LogP contribution in [0.25, 0.3) is 0 Å². The maximum absolute atomic E-state index is 11.9. The first-order chi connectivity index (χ1) is 9.36. The fraction of sp³-hybridized carbons (Fsp3) is 0.273. The van der Waals surface area contributed by atoms with Gasteiger partial charge in [-0.3, -0.25) is 14.9 Å². The zero-order valence-electron chi connectivity index (χ0n) is 10.4. The summed E-state index contributed by atoms with van der Waals surface area (Å²) in [6.45, 7) is 0.294. The number of primary sulfonamides is 1. The smallest absolute Gasteiger partial charge is 0.243 e. The lowest BCUT2D eigenvalue weighted by Gasteiger charge is -2.23. The Labute approximate surface area is 115 Å². The molecule has 1 aromatic rings. The van der Waals surface area contributed by atoms with Crippen LogP contribution in [0.3, 0.4) is 0 Å². The van der Waals surface area contributed by atoms with E-state index in [0.29, 0.717) is 5.69 Å². The second-order valence-corrected chi connectivity index (χ2v) is 5.86. The van der Waals surface area contributed by atoms with Gasteiger partial charge < -0.3 is 10.6 Å². The molecule has 1 aliphatic heterocycles. The van der Waals surface area contributed by atoms with Crippen LogP contribution < -0.4 is 21.1 Å². The van der Waals surface area contributed by atoms with Gasteiger partial charge in [-0.15, -0.1) is 0 Å². The maximum Gasteiger partial charge on any atom is 0.243 e. The minimum Gasteiger partial charge on any atom is -0.353 e. The Kier molecular flexibility index (Phi) is 4.02. The summed E-state index contributed by atoms with van der Waals surface area (Å²) >= 11 is 0. The van der Waals surface area contributed by atoms with Crippen LogP contribution in [0.4, 0.5) is 5.69 Å². The number of carbonyl (C=O) groups is 2. The number of piperazine rings is 1. The molecule has 1 fully saturated rings. The third kappa shape index (κ3) is 3.53. The zero-order chi connectivity index (χ0) is 14.8. The number of rotatable bonds is 3. The van der Waals surface area contributed by atoms with E-state index in [0.717, 1.165) is 0 Å². The highest BCUT2D eigenvalue weighted by Gasteiger charge is 2.23. The topological polar surface area (TPSA) is 130 Å². The lowest BCUT2D eigenvalue weighted by molar-refractivity contribution is -0.124. The van der Waals surface area contributed by atoms with E-state index < -0.39 is 16.1 Å². The van der Waals surface area contributed by atoms with Crippen molar-refractivity contribution in [3.05, 3.63) is 24.3 Å². The zero-order valence-corrected chi connectivity index (χ0v) is 11.2. The molecule has 0 saturated carbocycles. The molecule has 2 amide bonds. The van der Waals surface area contributed by atoms with E-state index in [-0.39, 0.29) is 29.8 Å². The maximum atomic E-state index is 11.9. The molecule has 1 unspecified atom stereocenters. The number of carbonyl (C=O) groups excluding carboxylic acids is 2. The van der Waals surface area contributed by atoms with Crippen LogP contribution in [0.15, 0.2) is 29.2 Å². The molecular weight excluding hydrogens is 284 g/mol. The van der Waals surface area contributed by atoms with Crippen LogP contribution in [0.2, 0.25) is 0 Å². The molecule has 0 radical (unpaired) electrons. The first kappa shape index (κ1) is 14.4. The van der Waals surface area contributed by atoms with E-state index >= 15 is 0 Å². The third-order valence-corrected chi connectivity index (χ3v) is 3.71. The van der Waals surface area contributed by atoms with Crippen molar-refractivity contribution >= 4 is 27.5 Å². The van der Waals surface area contributed by atoms with Crippen molar-refractivity contribution in [1.29, 1.82) is 0 Å². The molecule has 0 aromatic heterocycles. The molecule has 1 aliphatic rings. The molecular formula is C11H14N4O4S. The molecule has 8 nitrogen and oxygen atoms in total. The van der Waals surface area contributed by atoms with Gasteiger partial charge in [-0.05, 0) is 24.3 Å². The minimum atomic E-state index is -3.75. The van der Waals surface area contributed by atoms with Crippen LogP contribution in [0.1, 0.15) is 0 Å². The van der Waals surface area contributed by atoms with Gasteiger partial charge in [-0.25, -0.2) is 13.6 Å². The van der Waals surface area contributed by atoms with E-state index in [2.05, 4.69) is 16.0 Å². The fourth-order valence-corrected chi connectivity index (χ4v) is 2.22. The second kappa shape index (κ2) is 5.57. The van der Waals surface area contributed by atoms with Gasteiger partial charge in [-0.2, -0.15) is 0 Å². The molecule has 0 aliphatic carbocycles. The monoisotopic (exact) mass is 298 g/mol. The summed E-state index contributed by atoms with van der Waals surface area (Å²) in [5, 5.41) is 12.9. The highest BCUT2D eigenvalue weighted by atomic mass is 32.2. The number of anilines is 1. The molecule has 108 valence electrons. The van der Waals surface area contributed by atoms with Crippen molar-refractivity contribution in [2.24, 2.45) is 5.14 Å². The Bertz CT molecular complexity index is 616. The fourth-order valence-electron chi connectivity index (χ4n) is 1.71. The van der Waals surface area contributed by atoms with Gasteiger partial charge in [0.25, 0.3) is 0 Å². The first-order valence-electron chi connectivity index (χ1n) is 5.80. The number of benzene rings is 1. The van der Waals surface area contributed by atoms with Gasteiger partial charge in [0.2, 0.25) is 21.8 Å². The Morgan fingerprint density at radius 2 is 1.95 bits per heavy atom. The Balaban J connectivity index is 2.00. The predicted octanol–water partition coefficient (Wildman–Crippen LogP) is -1.64. The minimum absolute atomic E-state index is 0.0291. The van der Waals surface area contributed by atoms with Crippen LogP contribution in [0, 0.1) is 0 Å². The number of nitrogens with one attached hydrogen (secondary N) is 3. The molecule has 1 aromatic carbocycles. The van der Waals surface area contributed by atoms with E-state index in [1.54, 1.807) is 0 Å². The molecule has 5 N–H and O–H groups in total. The average Bonchev–Trinajstić information content (AvgIpc) is 2.39. The first-order valence-corrected chi connectivity index (χ1v) is 7.35. The highest BCUT2D eigenvalue weighted by Crippen LogP contribution is 2.13. The van der Waals surface area contributed by atoms with Crippen molar-refractivity contribution in [2.45, 2.75) is 10.9 Å². The highest BCUT2D eigenvalue weighted by molar-refractivity contribution is 7.89. The Morgan fingerprint density at radius 1 is 1.30 bits per heavy atom. The summed E-state index contributed by atoms with van der Waals surface area (Å²) in [5.41, 5.74) is 0.445. The van der Waals surface area contributed by atoms with Crippen LogP contribution in [-0.4, -0.2) is 39.4 Å². The van der Waals surface area contributed by atoms with Crippen molar-refractivity contribution in [3.8, 4) is 0 Å². The predicted molar refractivity (Wildman–Crippen MR) is 71.2 cm³/mol. The number of hydrogen-bond acceptors (Lipinski definition) is 5. The van der Waals surface area contributed by atoms with E-state index in [4.69, 9.17) is 5.14 Å². The van der Waals surface area contributed by atoms with Crippen molar-refractivity contribution in [3.63, 3.8) is 0 Å². The van der Waals surface area contributed by atoms with Gasteiger partial charge in [0.1, 0.15) is 6.04 Å². The number of sulfonamides is 1. The lowest BCUT2D eigenvalue weighted by Crippen LogP contribution is -2.56. The van der Waals surface area contributed by atoms with Crippen LogP contribution in [-0.2, 0) is 19.6 Å². The Morgan fingerprint density at radius 3 is 2.45 bits per heavy atom. The molecule has 1 saturated heterocycles. The molecule has 1 heterocycles. The van der Waals surface area contributed by atoms with Crippen molar-refractivity contribution in [2.75, 3.05) is 18.4 Å². The molecule has 0 bridgehead atoms. The largest absolute Gasteiger partial charge is 0.353 e. The normalized spacial score (nSPS) is 19.2. The number of nitrogens with two attached hydrogens (primary N) is 1. The molecule has 2 rings (SSSR count). The van der Waals surface area contributed by atoms with E-state index in [1.165, 1.54) is 24.3 Å². The van der Waals surface area contributed by atoms with Gasteiger partial charge in [0.05, 0.1) is 11.4 Å². The second-order valence-electron chi connectivity index (χ2n) is 4.30. The summed E-state index contributed by atoms with van der Waals surface area (Å²) in [7, 11) is -3.75. The van der Waals surface area contributed by atoms with Gasteiger partial charge >= 0.3 is 0 Å². The van der Waals surface area contributed by atoms with Crippen LogP contribution in [0.5, 0.6) is 0 Å². The molecule has 1 atom stereocenters. The molecule has 20 heavy (non-hydrogen) atoms. The molecule has 0 spiro atoms. The Hall–Kier alpha value is -1.97. The summed E-state index contributed by atoms with van der Waals surface area (Å²) in [4.78, 5) is 22.8. The standard InChI is InChI=1S/C11H14N4O4S/c12-20(18,19)8-3-1-7(2-4-8)15-11(17)9-5-14-10(16)6-13-9/h1-4,9,13H,5-6H2,(H,14,16)(H,15,17)(H2,12,18,19). The van der Waals surface area contributed by atoms with Crippen molar-refractivity contribution < 1.29 is 18.0 Å².